The molecule has 0 atom stereocenters. The Balaban J connectivity index is 1.24. The molecule has 2 N–H and O–H groups in total. The normalized spacial score (nSPS) is 14.2. The van der Waals surface area contributed by atoms with E-state index in [-0.39, 0.29) is 11.9 Å². The highest BCUT2D eigenvalue weighted by molar-refractivity contribution is 7.14. The summed E-state index contributed by atoms with van der Waals surface area (Å²) in [5.74, 6) is -0.0869. The van der Waals surface area contributed by atoms with E-state index in [1.807, 2.05) is 42.2 Å². The summed E-state index contributed by atoms with van der Waals surface area (Å²) in [6.07, 6.45) is 1.01. The van der Waals surface area contributed by atoms with Gasteiger partial charge in [-0.3, -0.25) is 15.0 Å². The zero-order valence-corrected chi connectivity index (χ0v) is 18.9. The Morgan fingerprint density at radius 1 is 1.00 bits per heavy atom. The maximum absolute atomic E-state index is 12.8. The summed E-state index contributed by atoms with van der Waals surface area (Å²) in [4.78, 5) is 33.6. The van der Waals surface area contributed by atoms with E-state index in [2.05, 4.69) is 44.8 Å². The van der Waals surface area contributed by atoms with Crippen LogP contribution in [0.5, 0.6) is 0 Å². The van der Waals surface area contributed by atoms with Crippen LogP contribution in [0, 0.1) is 6.92 Å². The summed E-state index contributed by atoms with van der Waals surface area (Å²) in [5.41, 5.74) is 3.48. The number of aryl methyl sites for hydroxylation is 1. The number of hydrogen-bond acceptors (Lipinski definition) is 5. The van der Waals surface area contributed by atoms with Crippen LogP contribution < -0.4 is 10.6 Å². The summed E-state index contributed by atoms with van der Waals surface area (Å²) in [5, 5.41) is 7.59. The van der Waals surface area contributed by atoms with Gasteiger partial charge < -0.3 is 10.2 Å². The molecule has 1 aliphatic heterocycles. The standard InChI is InChI=1S/C24H27N5O2S/c1-18-6-5-9-20(16-18)25-23(31)27-24-26-21(17-32-24)22(30)29-14-12-28(13-15-29)11-10-19-7-3-2-4-8-19/h2-9,16-17H,10-15H2,1H3,(H2,25,26,27,31). The molecule has 4 rings (SSSR count). The lowest BCUT2D eigenvalue weighted by molar-refractivity contribution is 0.0633. The molecule has 3 aromatic rings. The second-order valence-corrected chi connectivity index (χ2v) is 8.71. The third kappa shape index (κ3) is 5.93. The number of hydrogen-bond donors (Lipinski definition) is 2. The summed E-state index contributed by atoms with van der Waals surface area (Å²) in [7, 11) is 0. The van der Waals surface area contributed by atoms with Gasteiger partial charge in [0.05, 0.1) is 0 Å². The van der Waals surface area contributed by atoms with Gasteiger partial charge in [-0.1, -0.05) is 42.5 Å². The molecule has 166 valence electrons. The first-order valence-corrected chi connectivity index (χ1v) is 11.6. The molecular formula is C24H27N5O2S. The molecule has 0 spiro atoms. The second kappa shape index (κ2) is 10.4. The average molecular weight is 450 g/mol. The van der Waals surface area contributed by atoms with Crippen LogP contribution in [0.2, 0.25) is 0 Å². The minimum Gasteiger partial charge on any atom is -0.335 e. The number of anilines is 2. The number of carbonyl (C=O) groups excluding carboxylic acids is 2. The van der Waals surface area contributed by atoms with E-state index in [1.54, 1.807) is 5.38 Å². The van der Waals surface area contributed by atoms with Crippen LogP contribution in [0.15, 0.2) is 60.0 Å². The maximum atomic E-state index is 12.8. The first-order chi connectivity index (χ1) is 15.6. The third-order valence-electron chi connectivity index (χ3n) is 5.44. The number of thiazole rings is 1. The van der Waals surface area contributed by atoms with E-state index in [0.717, 1.165) is 31.6 Å². The van der Waals surface area contributed by atoms with Crippen LogP contribution in [-0.4, -0.2) is 59.4 Å². The first kappa shape index (κ1) is 22.0. The van der Waals surface area contributed by atoms with Gasteiger partial charge in [0.2, 0.25) is 0 Å². The van der Waals surface area contributed by atoms with Crippen molar-refractivity contribution in [3.8, 4) is 0 Å². The SMILES string of the molecule is Cc1cccc(NC(=O)Nc2nc(C(=O)N3CCN(CCc4ccccc4)CC3)cs2)c1. The number of carbonyl (C=O) groups is 2. The Morgan fingerprint density at radius 2 is 1.78 bits per heavy atom. The number of nitrogens with zero attached hydrogens (tertiary/aromatic N) is 3. The fourth-order valence-corrected chi connectivity index (χ4v) is 4.36. The average Bonchev–Trinajstić information content (AvgIpc) is 3.26. The van der Waals surface area contributed by atoms with Crippen LogP contribution in [0.1, 0.15) is 21.6 Å². The van der Waals surface area contributed by atoms with Gasteiger partial charge in [-0.2, -0.15) is 0 Å². The molecule has 0 unspecified atom stereocenters. The number of rotatable bonds is 6. The largest absolute Gasteiger partial charge is 0.335 e. The van der Waals surface area contributed by atoms with Gasteiger partial charge in [-0.05, 0) is 36.6 Å². The summed E-state index contributed by atoms with van der Waals surface area (Å²) in [6, 6.07) is 17.6. The Bertz CT molecular complexity index is 1060. The van der Waals surface area contributed by atoms with Crippen molar-refractivity contribution >= 4 is 34.1 Å². The molecule has 0 saturated carbocycles. The van der Waals surface area contributed by atoms with Crippen molar-refractivity contribution in [1.82, 2.24) is 14.8 Å². The first-order valence-electron chi connectivity index (χ1n) is 10.7. The van der Waals surface area contributed by atoms with Gasteiger partial charge in [0.1, 0.15) is 5.69 Å². The minimum atomic E-state index is -0.379. The van der Waals surface area contributed by atoms with Crippen molar-refractivity contribution < 1.29 is 9.59 Å². The fraction of sp³-hybridized carbons (Fsp3) is 0.292. The molecule has 3 amide bonds. The molecule has 32 heavy (non-hydrogen) atoms. The van der Waals surface area contributed by atoms with Crippen LogP contribution in [0.25, 0.3) is 0 Å². The molecule has 1 aromatic heterocycles. The molecule has 1 fully saturated rings. The van der Waals surface area contributed by atoms with Crippen molar-refractivity contribution in [2.75, 3.05) is 43.4 Å². The van der Waals surface area contributed by atoms with E-state index < -0.39 is 0 Å². The molecule has 2 aromatic carbocycles. The number of nitrogens with one attached hydrogen (secondary N) is 2. The summed E-state index contributed by atoms with van der Waals surface area (Å²) in [6.45, 7) is 6.03. The van der Waals surface area contributed by atoms with Crippen LogP contribution >= 0.6 is 11.3 Å². The molecule has 0 aliphatic carbocycles. The molecule has 8 heteroatoms. The quantitative estimate of drug-likeness (QED) is 0.594. The molecule has 0 radical (unpaired) electrons. The van der Waals surface area contributed by atoms with Crippen LogP contribution in [0.4, 0.5) is 15.6 Å². The second-order valence-electron chi connectivity index (χ2n) is 7.86. The maximum Gasteiger partial charge on any atom is 0.325 e. The number of piperazine rings is 1. The van der Waals surface area contributed by atoms with Crippen molar-refractivity contribution in [2.45, 2.75) is 13.3 Å². The Morgan fingerprint density at radius 3 is 2.53 bits per heavy atom. The number of aromatic nitrogens is 1. The van der Waals surface area contributed by atoms with Gasteiger partial charge in [-0.25, -0.2) is 9.78 Å². The molecule has 1 saturated heterocycles. The highest BCUT2D eigenvalue weighted by Crippen LogP contribution is 2.18. The number of amides is 3. The molecule has 7 nitrogen and oxygen atoms in total. The van der Waals surface area contributed by atoms with E-state index in [4.69, 9.17) is 0 Å². The topological polar surface area (TPSA) is 77.6 Å². The van der Waals surface area contributed by atoms with E-state index in [0.29, 0.717) is 29.6 Å². The summed E-state index contributed by atoms with van der Waals surface area (Å²) >= 11 is 1.25. The molecule has 2 heterocycles. The number of urea groups is 1. The van der Waals surface area contributed by atoms with Crippen molar-refractivity contribution in [3.05, 3.63) is 76.8 Å². The summed E-state index contributed by atoms with van der Waals surface area (Å²) < 4.78 is 0. The predicted octanol–water partition coefficient (Wildman–Crippen LogP) is 4.10. The zero-order valence-electron chi connectivity index (χ0n) is 18.1. The van der Waals surface area contributed by atoms with Crippen LogP contribution in [0.3, 0.4) is 0 Å². The molecule has 0 bridgehead atoms. The van der Waals surface area contributed by atoms with Crippen molar-refractivity contribution in [3.63, 3.8) is 0 Å². The monoisotopic (exact) mass is 449 g/mol. The highest BCUT2D eigenvalue weighted by atomic mass is 32.1. The lowest BCUT2D eigenvalue weighted by Crippen LogP contribution is -2.49. The highest BCUT2D eigenvalue weighted by Gasteiger charge is 2.24. The Hall–Kier alpha value is -3.23. The number of benzene rings is 2. The van der Waals surface area contributed by atoms with Crippen molar-refractivity contribution in [2.24, 2.45) is 0 Å². The molecule has 1 aliphatic rings. The van der Waals surface area contributed by atoms with Crippen LogP contribution in [-0.2, 0) is 6.42 Å². The van der Waals surface area contributed by atoms with Gasteiger partial charge in [0.15, 0.2) is 5.13 Å². The van der Waals surface area contributed by atoms with E-state index in [9.17, 15) is 9.59 Å². The predicted molar refractivity (Wildman–Crippen MR) is 128 cm³/mol. The van der Waals surface area contributed by atoms with Gasteiger partial charge in [0, 0.05) is 43.8 Å². The Kier molecular flexibility index (Phi) is 7.14. The zero-order chi connectivity index (χ0) is 22.3. The lowest BCUT2D eigenvalue weighted by atomic mass is 10.1. The van der Waals surface area contributed by atoms with Gasteiger partial charge in [-0.15, -0.1) is 11.3 Å². The van der Waals surface area contributed by atoms with E-state index >= 15 is 0 Å². The minimum absolute atomic E-state index is 0.0869. The fourth-order valence-electron chi connectivity index (χ4n) is 3.68. The molecular weight excluding hydrogens is 422 g/mol. The van der Waals surface area contributed by atoms with E-state index in [1.165, 1.54) is 16.9 Å². The Labute approximate surface area is 192 Å². The third-order valence-corrected chi connectivity index (χ3v) is 6.20. The smallest absolute Gasteiger partial charge is 0.325 e. The van der Waals surface area contributed by atoms with Crippen molar-refractivity contribution in [1.29, 1.82) is 0 Å². The van der Waals surface area contributed by atoms with Gasteiger partial charge >= 0.3 is 6.03 Å². The lowest BCUT2D eigenvalue weighted by Gasteiger charge is -2.34. The van der Waals surface area contributed by atoms with Gasteiger partial charge in [0.25, 0.3) is 5.91 Å².